The number of rotatable bonds is 5. The highest BCUT2D eigenvalue weighted by Crippen LogP contribution is 2.31. The molecule has 3 N–H and O–H groups in total. The quantitative estimate of drug-likeness (QED) is 0.600. The van der Waals surface area contributed by atoms with Crippen molar-refractivity contribution >= 4 is 17.5 Å². The summed E-state index contributed by atoms with van der Waals surface area (Å²) in [6, 6.07) is 3.31. The number of aromatic nitrogens is 2. The van der Waals surface area contributed by atoms with Gasteiger partial charge in [-0.05, 0) is 38.0 Å². The predicted octanol–water partition coefficient (Wildman–Crippen LogP) is 0.771. The van der Waals surface area contributed by atoms with Crippen LogP contribution in [0.1, 0.15) is 48.6 Å². The van der Waals surface area contributed by atoms with Crippen LogP contribution in [0, 0.1) is 5.82 Å². The van der Waals surface area contributed by atoms with E-state index in [0.29, 0.717) is 12.0 Å². The van der Waals surface area contributed by atoms with Crippen molar-refractivity contribution in [1.82, 2.24) is 14.9 Å². The van der Waals surface area contributed by atoms with Gasteiger partial charge in [-0.15, -0.1) is 0 Å². The average Bonchev–Trinajstić information content (AvgIpc) is 3.15. The number of carbonyl (C=O) groups excluding carboxylic acids is 2. The van der Waals surface area contributed by atoms with Gasteiger partial charge in [0.1, 0.15) is 17.2 Å². The largest absolute Gasteiger partial charge is 0.501 e. The Kier molecular flexibility index (Phi) is 5.93. The number of ether oxygens (including phenoxy) is 1. The summed E-state index contributed by atoms with van der Waals surface area (Å²) in [6.07, 6.45) is 0.661. The van der Waals surface area contributed by atoms with Gasteiger partial charge in [0.15, 0.2) is 5.69 Å². The predicted molar refractivity (Wildman–Crippen MR) is 114 cm³/mol. The average molecular weight is 460 g/mol. The molecule has 1 aromatic carbocycles. The van der Waals surface area contributed by atoms with E-state index >= 15 is 0 Å². The number of halogens is 1. The van der Waals surface area contributed by atoms with Gasteiger partial charge in [0.25, 0.3) is 11.5 Å². The molecule has 3 heterocycles. The van der Waals surface area contributed by atoms with Crippen LogP contribution in [0.15, 0.2) is 23.0 Å². The van der Waals surface area contributed by atoms with Gasteiger partial charge in [-0.25, -0.2) is 9.37 Å². The van der Waals surface area contributed by atoms with E-state index < -0.39 is 40.4 Å². The molecule has 0 unspecified atom stereocenters. The zero-order chi connectivity index (χ0) is 23.9. The number of hydrogen-bond acceptors (Lipinski definition) is 7. The molecule has 176 valence electrons. The van der Waals surface area contributed by atoms with Crippen molar-refractivity contribution in [3.8, 4) is 5.75 Å². The molecule has 1 aromatic heterocycles. The third-order valence-electron chi connectivity index (χ3n) is 5.96. The number of hydrogen-bond donors (Lipinski definition) is 3. The highest BCUT2D eigenvalue weighted by atomic mass is 19.1. The van der Waals surface area contributed by atoms with Crippen LogP contribution in [0.25, 0.3) is 0 Å². The molecule has 0 saturated carbocycles. The molecule has 1 saturated heterocycles. The van der Waals surface area contributed by atoms with Crippen LogP contribution in [0.4, 0.5) is 10.1 Å². The standard InChI is InChI=1S/C22H25FN4O6/c1-22(2)21-25-17(18(30)20(32)26(21)7-8-33-22)19(31)24-10-12-3-4-13(23)9-15(12)27-14(11-28)5-6-16(27)29/h3-4,9,14,28,30H,5-8,10-11H2,1-2H3,(H,24,31)/t14-/m0/s1. The van der Waals surface area contributed by atoms with Crippen molar-refractivity contribution < 1.29 is 28.9 Å². The zero-order valence-corrected chi connectivity index (χ0v) is 18.3. The van der Waals surface area contributed by atoms with E-state index in [2.05, 4.69) is 10.3 Å². The van der Waals surface area contributed by atoms with Crippen LogP contribution in [0.5, 0.6) is 5.75 Å². The number of anilines is 1. The van der Waals surface area contributed by atoms with Gasteiger partial charge in [0.2, 0.25) is 11.7 Å². The zero-order valence-electron chi connectivity index (χ0n) is 18.3. The minimum Gasteiger partial charge on any atom is -0.501 e. The van der Waals surface area contributed by atoms with E-state index in [1.807, 2.05) is 0 Å². The monoisotopic (exact) mass is 460 g/mol. The molecule has 10 nitrogen and oxygen atoms in total. The SMILES string of the molecule is CC1(C)OCCn2c1nc(C(=O)NCc1ccc(F)cc1N1C(=O)CC[C@H]1CO)c(O)c2=O. The fourth-order valence-corrected chi connectivity index (χ4v) is 4.24. The van der Waals surface area contributed by atoms with Crippen LogP contribution in [-0.4, -0.2) is 50.8 Å². The Labute approximate surface area is 188 Å². The second kappa shape index (κ2) is 8.56. The molecule has 1 atom stereocenters. The Hall–Kier alpha value is -3.31. The number of aromatic hydroxyl groups is 1. The molecule has 2 aliphatic heterocycles. The number of benzene rings is 1. The van der Waals surface area contributed by atoms with Gasteiger partial charge in [0.05, 0.1) is 31.5 Å². The molecule has 2 amide bonds. The summed E-state index contributed by atoms with van der Waals surface area (Å²) in [5.74, 6) is -2.19. The molecule has 0 spiro atoms. The van der Waals surface area contributed by atoms with E-state index in [4.69, 9.17) is 4.74 Å². The smallest absolute Gasteiger partial charge is 0.296 e. The normalized spacial score (nSPS) is 19.5. The Balaban J connectivity index is 1.63. The molecule has 11 heteroatoms. The van der Waals surface area contributed by atoms with E-state index in [-0.39, 0.29) is 50.1 Å². The summed E-state index contributed by atoms with van der Waals surface area (Å²) in [6.45, 7) is 3.48. The first kappa shape index (κ1) is 22.9. The van der Waals surface area contributed by atoms with Gasteiger partial charge in [-0.1, -0.05) is 6.07 Å². The number of amides is 2. The maximum Gasteiger partial charge on any atom is 0.296 e. The van der Waals surface area contributed by atoms with E-state index in [0.717, 1.165) is 0 Å². The van der Waals surface area contributed by atoms with Crippen LogP contribution >= 0.6 is 0 Å². The first-order valence-electron chi connectivity index (χ1n) is 10.6. The van der Waals surface area contributed by atoms with Crippen LogP contribution in [0.2, 0.25) is 0 Å². The van der Waals surface area contributed by atoms with Crippen molar-refractivity contribution in [3.05, 3.63) is 51.5 Å². The fraction of sp³-hybridized carbons (Fsp3) is 0.455. The molecule has 1 fully saturated rings. The lowest BCUT2D eigenvalue weighted by Gasteiger charge is -2.32. The summed E-state index contributed by atoms with van der Waals surface area (Å²) in [7, 11) is 0. The minimum atomic E-state index is -0.931. The van der Waals surface area contributed by atoms with E-state index in [1.54, 1.807) is 13.8 Å². The summed E-state index contributed by atoms with van der Waals surface area (Å²) in [5.41, 5.74) is -1.44. The lowest BCUT2D eigenvalue weighted by Crippen LogP contribution is -2.42. The highest BCUT2D eigenvalue weighted by Gasteiger charge is 2.35. The first-order valence-corrected chi connectivity index (χ1v) is 10.6. The molecular weight excluding hydrogens is 435 g/mol. The van der Waals surface area contributed by atoms with Crippen LogP contribution in [-0.2, 0) is 28.2 Å². The van der Waals surface area contributed by atoms with Crippen LogP contribution < -0.4 is 15.8 Å². The molecular formula is C22H25FN4O6. The second-order valence-corrected chi connectivity index (χ2v) is 8.54. The topological polar surface area (TPSA) is 134 Å². The fourth-order valence-electron chi connectivity index (χ4n) is 4.24. The number of aliphatic hydroxyl groups is 1. The van der Waals surface area contributed by atoms with E-state index in [1.165, 1.54) is 27.7 Å². The summed E-state index contributed by atoms with van der Waals surface area (Å²) in [4.78, 5) is 43.4. The van der Waals surface area contributed by atoms with Gasteiger partial charge < -0.3 is 25.2 Å². The molecule has 0 radical (unpaired) electrons. The molecule has 2 aromatic rings. The third-order valence-corrected chi connectivity index (χ3v) is 5.96. The number of nitrogens with one attached hydrogen (secondary N) is 1. The summed E-state index contributed by atoms with van der Waals surface area (Å²) < 4.78 is 20.9. The van der Waals surface area contributed by atoms with Crippen molar-refractivity contribution in [2.45, 2.75) is 51.4 Å². The Morgan fingerprint density at radius 2 is 2.12 bits per heavy atom. The minimum absolute atomic E-state index is 0.129. The maximum absolute atomic E-state index is 14.0. The molecule has 33 heavy (non-hydrogen) atoms. The third kappa shape index (κ3) is 4.09. The van der Waals surface area contributed by atoms with Gasteiger partial charge in [-0.3, -0.25) is 19.0 Å². The number of nitrogens with zero attached hydrogens (tertiary/aromatic N) is 3. The molecule has 0 bridgehead atoms. The Morgan fingerprint density at radius 1 is 1.36 bits per heavy atom. The van der Waals surface area contributed by atoms with E-state index in [9.17, 15) is 29.0 Å². The molecule has 0 aliphatic carbocycles. The number of aliphatic hydroxyl groups excluding tert-OH is 1. The second-order valence-electron chi connectivity index (χ2n) is 8.54. The van der Waals surface area contributed by atoms with Gasteiger partial charge in [-0.2, -0.15) is 0 Å². The van der Waals surface area contributed by atoms with Gasteiger partial charge >= 0.3 is 0 Å². The highest BCUT2D eigenvalue weighted by molar-refractivity contribution is 5.97. The molecule has 2 aliphatic rings. The first-order chi connectivity index (χ1) is 15.6. The van der Waals surface area contributed by atoms with Crippen molar-refractivity contribution in [2.75, 3.05) is 18.1 Å². The lowest BCUT2D eigenvalue weighted by molar-refractivity contribution is -0.117. The van der Waals surface area contributed by atoms with Crippen molar-refractivity contribution in [3.63, 3.8) is 0 Å². The lowest BCUT2D eigenvalue weighted by atomic mass is 10.1. The number of carbonyl (C=O) groups is 2. The van der Waals surface area contributed by atoms with Crippen LogP contribution in [0.3, 0.4) is 0 Å². The van der Waals surface area contributed by atoms with Gasteiger partial charge in [0, 0.05) is 13.0 Å². The summed E-state index contributed by atoms with van der Waals surface area (Å²) >= 11 is 0. The number of fused-ring (bicyclic) bond motifs is 1. The Morgan fingerprint density at radius 3 is 2.85 bits per heavy atom. The maximum atomic E-state index is 14.0. The molecule has 4 rings (SSSR count). The summed E-state index contributed by atoms with van der Waals surface area (Å²) in [5, 5.41) is 22.5. The van der Waals surface area contributed by atoms with Crippen molar-refractivity contribution in [1.29, 1.82) is 0 Å². The van der Waals surface area contributed by atoms with Crippen molar-refractivity contribution in [2.24, 2.45) is 0 Å². The Bertz CT molecular complexity index is 1180.